The van der Waals surface area contributed by atoms with Crippen molar-refractivity contribution in [3.05, 3.63) is 24.5 Å². The zero-order chi connectivity index (χ0) is 11.0. The first-order valence-corrected chi connectivity index (χ1v) is 5.56. The summed E-state index contributed by atoms with van der Waals surface area (Å²) in [6.07, 6.45) is 5.81. The molecule has 5 heteroatoms. The average molecular weight is 218 g/mol. The van der Waals surface area contributed by atoms with Crippen LogP contribution in [0.15, 0.2) is 24.5 Å². The SMILES string of the molecule is OC[C@@H]1CCCN1c1ccn2nccc2n1. The fourth-order valence-corrected chi connectivity index (χ4v) is 2.29. The molecule has 1 N–H and O–H groups in total. The first kappa shape index (κ1) is 9.59. The van der Waals surface area contributed by atoms with Gasteiger partial charge in [-0.05, 0) is 18.9 Å². The molecule has 1 aliphatic rings. The van der Waals surface area contributed by atoms with Crippen molar-refractivity contribution >= 4 is 11.5 Å². The Balaban J connectivity index is 1.98. The second kappa shape index (κ2) is 3.75. The maximum atomic E-state index is 9.28. The Labute approximate surface area is 93.3 Å². The van der Waals surface area contributed by atoms with E-state index >= 15 is 0 Å². The van der Waals surface area contributed by atoms with Gasteiger partial charge < -0.3 is 10.0 Å². The van der Waals surface area contributed by atoms with Crippen LogP contribution in [0.25, 0.3) is 5.65 Å². The minimum Gasteiger partial charge on any atom is -0.394 e. The molecule has 2 aromatic heterocycles. The maximum Gasteiger partial charge on any atom is 0.157 e. The molecule has 16 heavy (non-hydrogen) atoms. The number of hydrogen-bond donors (Lipinski definition) is 1. The van der Waals surface area contributed by atoms with Crippen LogP contribution in [0.4, 0.5) is 5.82 Å². The van der Waals surface area contributed by atoms with Crippen molar-refractivity contribution < 1.29 is 5.11 Å². The Morgan fingerprint density at radius 3 is 3.25 bits per heavy atom. The van der Waals surface area contributed by atoms with Crippen molar-refractivity contribution in [2.75, 3.05) is 18.1 Å². The maximum absolute atomic E-state index is 9.28. The van der Waals surface area contributed by atoms with Gasteiger partial charge in [0.15, 0.2) is 5.65 Å². The summed E-state index contributed by atoms with van der Waals surface area (Å²) < 4.78 is 1.74. The molecule has 0 saturated carbocycles. The molecular weight excluding hydrogens is 204 g/mol. The van der Waals surface area contributed by atoms with Crippen LogP contribution in [-0.2, 0) is 0 Å². The van der Waals surface area contributed by atoms with Gasteiger partial charge in [-0.2, -0.15) is 5.10 Å². The fraction of sp³-hybridized carbons (Fsp3) is 0.455. The fourth-order valence-electron chi connectivity index (χ4n) is 2.29. The highest BCUT2D eigenvalue weighted by Crippen LogP contribution is 2.23. The number of hydrogen-bond acceptors (Lipinski definition) is 4. The zero-order valence-corrected chi connectivity index (χ0v) is 8.95. The summed E-state index contributed by atoms with van der Waals surface area (Å²) in [6, 6.07) is 4.06. The van der Waals surface area contributed by atoms with E-state index in [-0.39, 0.29) is 12.6 Å². The van der Waals surface area contributed by atoms with Gasteiger partial charge in [0.2, 0.25) is 0 Å². The van der Waals surface area contributed by atoms with E-state index in [4.69, 9.17) is 0 Å². The smallest absolute Gasteiger partial charge is 0.157 e. The predicted molar refractivity (Wildman–Crippen MR) is 60.4 cm³/mol. The first-order valence-electron chi connectivity index (χ1n) is 5.56. The van der Waals surface area contributed by atoms with Gasteiger partial charge in [0.25, 0.3) is 0 Å². The minimum atomic E-state index is 0.201. The Hall–Kier alpha value is -1.62. The van der Waals surface area contributed by atoms with Crippen molar-refractivity contribution in [1.82, 2.24) is 14.6 Å². The van der Waals surface area contributed by atoms with Gasteiger partial charge in [-0.1, -0.05) is 0 Å². The predicted octanol–water partition coefficient (Wildman–Crippen LogP) is 0.690. The number of aliphatic hydroxyl groups is 1. The first-order chi connectivity index (χ1) is 7.88. The molecule has 0 radical (unpaired) electrons. The number of rotatable bonds is 2. The highest BCUT2D eigenvalue weighted by atomic mass is 16.3. The summed E-state index contributed by atoms with van der Waals surface area (Å²) in [7, 11) is 0. The summed E-state index contributed by atoms with van der Waals surface area (Å²) in [4.78, 5) is 6.70. The molecule has 5 nitrogen and oxygen atoms in total. The summed E-state index contributed by atoms with van der Waals surface area (Å²) in [6.45, 7) is 1.18. The molecule has 1 fully saturated rings. The third-order valence-corrected chi connectivity index (χ3v) is 3.13. The van der Waals surface area contributed by atoms with Crippen LogP contribution in [0, 0.1) is 0 Å². The Morgan fingerprint density at radius 1 is 1.44 bits per heavy atom. The summed E-state index contributed by atoms with van der Waals surface area (Å²) >= 11 is 0. The van der Waals surface area contributed by atoms with Gasteiger partial charge in [-0.15, -0.1) is 0 Å². The van der Waals surface area contributed by atoms with E-state index < -0.39 is 0 Å². The van der Waals surface area contributed by atoms with Crippen LogP contribution >= 0.6 is 0 Å². The number of fused-ring (bicyclic) bond motifs is 1. The van der Waals surface area contributed by atoms with E-state index in [2.05, 4.69) is 15.0 Å². The zero-order valence-electron chi connectivity index (χ0n) is 8.95. The lowest BCUT2D eigenvalue weighted by molar-refractivity contribution is 0.266. The molecule has 0 amide bonds. The number of nitrogens with zero attached hydrogens (tertiary/aromatic N) is 4. The highest BCUT2D eigenvalue weighted by Gasteiger charge is 2.24. The Bertz CT molecular complexity index is 495. The third kappa shape index (κ3) is 1.44. The molecule has 3 heterocycles. The number of anilines is 1. The molecule has 1 atom stereocenters. The lowest BCUT2D eigenvalue weighted by Gasteiger charge is -2.23. The van der Waals surface area contributed by atoms with Gasteiger partial charge >= 0.3 is 0 Å². The van der Waals surface area contributed by atoms with E-state index in [9.17, 15) is 5.11 Å². The standard InChI is InChI=1S/C11H14N4O/c16-8-9-2-1-6-14(9)10-4-7-15-11(13-10)3-5-12-15/h3-5,7,9,16H,1-2,6,8H2/t9-/m0/s1. The minimum absolute atomic E-state index is 0.201. The molecule has 0 aliphatic carbocycles. The molecule has 0 spiro atoms. The third-order valence-electron chi connectivity index (χ3n) is 3.13. The second-order valence-corrected chi connectivity index (χ2v) is 4.09. The number of aromatic nitrogens is 3. The van der Waals surface area contributed by atoms with Crippen molar-refractivity contribution in [3.8, 4) is 0 Å². The number of aliphatic hydroxyl groups excluding tert-OH is 1. The van der Waals surface area contributed by atoms with Crippen LogP contribution in [0.3, 0.4) is 0 Å². The van der Waals surface area contributed by atoms with Gasteiger partial charge in [-0.3, -0.25) is 0 Å². The molecule has 1 saturated heterocycles. The normalized spacial score (nSPS) is 20.8. The van der Waals surface area contributed by atoms with Crippen LogP contribution in [-0.4, -0.2) is 38.9 Å². The van der Waals surface area contributed by atoms with Crippen LogP contribution in [0.2, 0.25) is 0 Å². The Morgan fingerprint density at radius 2 is 2.38 bits per heavy atom. The summed E-state index contributed by atoms with van der Waals surface area (Å²) in [5.41, 5.74) is 0.848. The van der Waals surface area contributed by atoms with E-state index in [1.807, 2.05) is 18.3 Å². The van der Waals surface area contributed by atoms with Gasteiger partial charge in [0, 0.05) is 18.8 Å². The lowest BCUT2D eigenvalue weighted by atomic mass is 10.2. The molecule has 0 unspecified atom stereocenters. The van der Waals surface area contributed by atoms with E-state index in [0.717, 1.165) is 30.9 Å². The van der Waals surface area contributed by atoms with Crippen molar-refractivity contribution in [1.29, 1.82) is 0 Å². The molecule has 0 aromatic carbocycles. The monoisotopic (exact) mass is 218 g/mol. The van der Waals surface area contributed by atoms with Crippen molar-refractivity contribution in [3.63, 3.8) is 0 Å². The van der Waals surface area contributed by atoms with E-state index in [0.29, 0.717) is 0 Å². The van der Waals surface area contributed by atoms with Crippen molar-refractivity contribution in [2.45, 2.75) is 18.9 Å². The summed E-state index contributed by atoms with van der Waals surface area (Å²) in [5, 5.41) is 13.4. The molecule has 0 bridgehead atoms. The average Bonchev–Trinajstić information content (AvgIpc) is 2.96. The van der Waals surface area contributed by atoms with E-state index in [1.165, 1.54) is 0 Å². The topological polar surface area (TPSA) is 53.7 Å². The van der Waals surface area contributed by atoms with Crippen LogP contribution in [0.5, 0.6) is 0 Å². The Kier molecular flexibility index (Phi) is 2.25. The molecule has 1 aliphatic heterocycles. The largest absolute Gasteiger partial charge is 0.394 e. The van der Waals surface area contributed by atoms with Gasteiger partial charge in [0.1, 0.15) is 5.82 Å². The molecule has 2 aromatic rings. The quantitative estimate of drug-likeness (QED) is 0.805. The second-order valence-electron chi connectivity index (χ2n) is 4.09. The summed E-state index contributed by atoms with van der Waals surface area (Å²) in [5.74, 6) is 0.935. The van der Waals surface area contributed by atoms with Crippen molar-refractivity contribution in [2.24, 2.45) is 0 Å². The molecular formula is C11H14N4O. The lowest BCUT2D eigenvalue weighted by Crippen LogP contribution is -2.32. The van der Waals surface area contributed by atoms with Crippen LogP contribution < -0.4 is 4.90 Å². The van der Waals surface area contributed by atoms with Gasteiger partial charge in [0.05, 0.1) is 18.8 Å². The van der Waals surface area contributed by atoms with Gasteiger partial charge in [-0.25, -0.2) is 9.50 Å². The van der Waals surface area contributed by atoms with E-state index in [1.54, 1.807) is 10.7 Å². The highest BCUT2D eigenvalue weighted by molar-refractivity contribution is 5.48. The molecule has 3 rings (SSSR count). The van der Waals surface area contributed by atoms with Crippen LogP contribution in [0.1, 0.15) is 12.8 Å². The molecule has 84 valence electrons.